The van der Waals surface area contributed by atoms with Gasteiger partial charge in [0.2, 0.25) is 5.91 Å². The minimum Gasteiger partial charge on any atom is -0.353 e. The van der Waals surface area contributed by atoms with Crippen LogP contribution in [0.3, 0.4) is 0 Å². The molecule has 1 aromatic carbocycles. The standard InChI is InChI=1S/C15H16N4O2/c1-2-10-16-13(20)9-8-12-15(21)17-14(19-18-12)11-6-4-3-5-7-11/h2-7H,1,8-10H2,(H,16,20)(H,17,19,21). The topological polar surface area (TPSA) is 87.7 Å². The third kappa shape index (κ3) is 4.10. The zero-order chi connectivity index (χ0) is 15.1. The van der Waals surface area contributed by atoms with Gasteiger partial charge in [0.15, 0.2) is 5.82 Å². The lowest BCUT2D eigenvalue weighted by Crippen LogP contribution is -2.25. The smallest absolute Gasteiger partial charge is 0.273 e. The fourth-order valence-corrected chi connectivity index (χ4v) is 1.76. The fourth-order valence-electron chi connectivity index (χ4n) is 1.76. The SMILES string of the molecule is C=CCNC(=O)CCc1nnc(-c2ccccc2)[nH]c1=O. The summed E-state index contributed by atoms with van der Waals surface area (Å²) in [7, 11) is 0. The number of H-pyrrole nitrogens is 1. The maximum absolute atomic E-state index is 11.9. The summed E-state index contributed by atoms with van der Waals surface area (Å²) in [6, 6.07) is 9.26. The summed E-state index contributed by atoms with van der Waals surface area (Å²) >= 11 is 0. The van der Waals surface area contributed by atoms with Gasteiger partial charge in [-0.05, 0) is 0 Å². The molecule has 0 radical (unpaired) electrons. The largest absolute Gasteiger partial charge is 0.353 e. The molecule has 0 aliphatic heterocycles. The van der Waals surface area contributed by atoms with Gasteiger partial charge < -0.3 is 10.3 Å². The Balaban J connectivity index is 2.05. The van der Waals surface area contributed by atoms with E-state index in [9.17, 15) is 9.59 Å². The van der Waals surface area contributed by atoms with Crippen molar-refractivity contribution >= 4 is 5.91 Å². The molecule has 0 aliphatic rings. The average Bonchev–Trinajstić information content (AvgIpc) is 2.52. The van der Waals surface area contributed by atoms with E-state index in [0.717, 1.165) is 5.56 Å². The Labute approximate surface area is 121 Å². The summed E-state index contributed by atoms with van der Waals surface area (Å²) in [6.07, 6.45) is 2.04. The third-order valence-corrected chi connectivity index (χ3v) is 2.84. The second kappa shape index (κ2) is 7.14. The van der Waals surface area contributed by atoms with Crippen molar-refractivity contribution in [2.75, 3.05) is 6.54 Å². The van der Waals surface area contributed by atoms with Crippen LogP contribution >= 0.6 is 0 Å². The number of aromatic amines is 1. The van der Waals surface area contributed by atoms with Crippen molar-refractivity contribution in [3.8, 4) is 11.4 Å². The molecule has 0 aliphatic carbocycles. The second-order valence-corrected chi connectivity index (χ2v) is 4.41. The second-order valence-electron chi connectivity index (χ2n) is 4.41. The molecule has 0 bridgehead atoms. The van der Waals surface area contributed by atoms with E-state index in [1.165, 1.54) is 0 Å². The average molecular weight is 284 g/mol. The van der Waals surface area contributed by atoms with Crippen LogP contribution in [-0.2, 0) is 11.2 Å². The lowest BCUT2D eigenvalue weighted by molar-refractivity contribution is -0.120. The summed E-state index contributed by atoms with van der Waals surface area (Å²) in [5, 5.41) is 10.6. The molecule has 6 nitrogen and oxygen atoms in total. The third-order valence-electron chi connectivity index (χ3n) is 2.84. The first-order chi connectivity index (χ1) is 10.2. The fraction of sp³-hybridized carbons (Fsp3) is 0.200. The molecule has 2 aromatic rings. The Bertz CT molecular complexity index is 680. The zero-order valence-electron chi connectivity index (χ0n) is 11.5. The van der Waals surface area contributed by atoms with Gasteiger partial charge >= 0.3 is 0 Å². The number of nitrogens with one attached hydrogen (secondary N) is 2. The Morgan fingerprint density at radius 2 is 2.05 bits per heavy atom. The van der Waals surface area contributed by atoms with Gasteiger partial charge in [-0.3, -0.25) is 9.59 Å². The predicted molar refractivity (Wildman–Crippen MR) is 79.6 cm³/mol. The van der Waals surface area contributed by atoms with E-state index < -0.39 is 0 Å². The number of carbonyl (C=O) groups is 1. The minimum atomic E-state index is -0.319. The lowest BCUT2D eigenvalue weighted by Gasteiger charge is -2.03. The normalized spacial score (nSPS) is 10.1. The van der Waals surface area contributed by atoms with Gasteiger partial charge in [-0.1, -0.05) is 36.4 Å². The monoisotopic (exact) mass is 284 g/mol. The van der Waals surface area contributed by atoms with Crippen LogP contribution in [0, 0.1) is 0 Å². The molecule has 0 fully saturated rings. The van der Waals surface area contributed by atoms with E-state index in [1.807, 2.05) is 30.3 Å². The molecular formula is C15H16N4O2. The molecule has 1 amide bonds. The van der Waals surface area contributed by atoms with E-state index >= 15 is 0 Å². The van der Waals surface area contributed by atoms with Gasteiger partial charge in [0.25, 0.3) is 5.56 Å². The van der Waals surface area contributed by atoms with Crippen LogP contribution in [0.15, 0.2) is 47.8 Å². The number of benzene rings is 1. The molecule has 2 rings (SSSR count). The zero-order valence-corrected chi connectivity index (χ0v) is 11.5. The first-order valence-corrected chi connectivity index (χ1v) is 6.59. The number of amides is 1. The first-order valence-electron chi connectivity index (χ1n) is 6.59. The van der Waals surface area contributed by atoms with Gasteiger partial charge in [0.1, 0.15) is 5.69 Å². The van der Waals surface area contributed by atoms with Crippen molar-refractivity contribution < 1.29 is 4.79 Å². The number of hydrogen-bond acceptors (Lipinski definition) is 4. The van der Waals surface area contributed by atoms with Crippen molar-refractivity contribution in [2.45, 2.75) is 12.8 Å². The predicted octanol–water partition coefficient (Wildman–Crippen LogP) is 1.07. The van der Waals surface area contributed by atoms with Gasteiger partial charge in [0, 0.05) is 24.9 Å². The summed E-state index contributed by atoms with van der Waals surface area (Å²) in [4.78, 5) is 26.1. The highest BCUT2D eigenvalue weighted by atomic mass is 16.1. The number of hydrogen-bond donors (Lipinski definition) is 2. The number of aryl methyl sites for hydroxylation is 1. The Morgan fingerprint density at radius 1 is 1.29 bits per heavy atom. The molecule has 108 valence electrons. The van der Waals surface area contributed by atoms with Gasteiger partial charge in [-0.2, -0.15) is 0 Å². The molecule has 0 atom stereocenters. The summed E-state index contributed by atoms with van der Waals surface area (Å²) in [5.41, 5.74) is 0.723. The summed E-state index contributed by atoms with van der Waals surface area (Å²) in [6.45, 7) is 3.92. The van der Waals surface area contributed by atoms with E-state index in [4.69, 9.17) is 0 Å². The van der Waals surface area contributed by atoms with Crippen LogP contribution in [0.4, 0.5) is 0 Å². The maximum Gasteiger partial charge on any atom is 0.273 e. The van der Waals surface area contributed by atoms with E-state index in [2.05, 4.69) is 27.1 Å². The molecule has 2 N–H and O–H groups in total. The van der Waals surface area contributed by atoms with Crippen LogP contribution in [0.1, 0.15) is 12.1 Å². The van der Waals surface area contributed by atoms with E-state index in [1.54, 1.807) is 6.08 Å². The van der Waals surface area contributed by atoms with E-state index in [-0.39, 0.29) is 30.0 Å². The molecule has 0 unspecified atom stereocenters. The summed E-state index contributed by atoms with van der Waals surface area (Å²) < 4.78 is 0. The molecule has 0 spiro atoms. The van der Waals surface area contributed by atoms with Crippen molar-refractivity contribution in [3.05, 3.63) is 59.0 Å². The lowest BCUT2D eigenvalue weighted by atomic mass is 10.2. The maximum atomic E-state index is 11.9. The highest BCUT2D eigenvalue weighted by Crippen LogP contribution is 2.10. The highest BCUT2D eigenvalue weighted by Gasteiger charge is 2.08. The molecule has 1 heterocycles. The Hall–Kier alpha value is -2.76. The van der Waals surface area contributed by atoms with Crippen molar-refractivity contribution in [2.24, 2.45) is 0 Å². The van der Waals surface area contributed by atoms with Gasteiger partial charge in [0.05, 0.1) is 0 Å². The van der Waals surface area contributed by atoms with Crippen molar-refractivity contribution in [3.63, 3.8) is 0 Å². The number of nitrogens with zero attached hydrogens (tertiary/aromatic N) is 2. The molecule has 21 heavy (non-hydrogen) atoms. The van der Waals surface area contributed by atoms with Crippen LogP contribution in [0.2, 0.25) is 0 Å². The van der Waals surface area contributed by atoms with Crippen LogP contribution in [0.5, 0.6) is 0 Å². The quantitative estimate of drug-likeness (QED) is 0.777. The Kier molecular flexibility index (Phi) is 4.98. The summed E-state index contributed by atoms with van der Waals surface area (Å²) in [5.74, 6) is 0.267. The van der Waals surface area contributed by atoms with Crippen LogP contribution < -0.4 is 10.9 Å². The highest BCUT2D eigenvalue weighted by molar-refractivity contribution is 5.76. The van der Waals surface area contributed by atoms with E-state index in [0.29, 0.717) is 12.4 Å². The van der Waals surface area contributed by atoms with Crippen molar-refractivity contribution in [1.29, 1.82) is 0 Å². The Morgan fingerprint density at radius 3 is 2.71 bits per heavy atom. The van der Waals surface area contributed by atoms with Crippen molar-refractivity contribution in [1.82, 2.24) is 20.5 Å². The van der Waals surface area contributed by atoms with Crippen LogP contribution in [-0.4, -0.2) is 27.6 Å². The van der Waals surface area contributed by atoms with Gasteiger partial charge in [-0.25, -0.2) is 0 Å². The molecule has 6 heteroatoms. The van der Waals surface area contributed by atoms with Crippen LogP contribution in [0.25, 0.3) is 11.4 Å². The molecule has 1 aromatic heterocycles. The first kappa shape index (κ1) is 14.6. The molecule has 0 saturated carbocycles. The number of carbonyl (C=O) groups excluding carboxylic acids is 1. The minimum absolute atomic E-state index is 0.150. The molecular weight excluding hydrogens is 268 g/mol. The number of aromatic nitrogens is 3. The number of rotatable bonds is 6. The molecule has 0 saturated heterocycles. The van der Waals surface area contributed by atoms with Gasteiger partial charge in [-0.15, -0.1) is 16.8 Å².